The first-order valence-electron chi connectivity index (χ1n) is 9.15. The number of nitrogens with zero attached hydrogens (tertiary/aromatic N) is 1. The fourth-order valence-electron chi connectivity index (χ4n) is 2.92. The lowest BCUT2D eigenvalue weighted by Gasteiger charge is -2.22. The number of amides is 1. The number of benzene rings is 2. The molecule has 0 aliphatic rings. The summed E-state index contributed by atoms with van der Waals surface area (Å²) in [4.78, 5) is 14.5. The Kier molecular flexibility index (Phi) is 7.48. The van der Waals surface area contributed by atoms with Crippen LogP contribution in [0.2, 0.25) is 0 Å². The Bertz CT molecular complexity index is 666. The van der Waals surface area contributed by atoms with Crippen molar-refractivity contribution in [2.24, 2.45) is 0 Å². The molecule has 0 fully saturated rings. The van der Waals surface area contributed by atoms with Crippen LogP contribution in [0.3, 0.4) is 0 Å². The van der Waals surface area contributed by atoms with Gasteiger partial charge in [-0.3, -0.25) is 4.79 Å². The molecule has 4 nitrogen and oxygen atoms in total. The molecular weight excluding hydrogens is 310 g/mol. The van der Waals surface area contributed by atoms with Crippen LogP contribution in [-0.4, -0.2) is 32.1 Å². The highest BCUT2D eigenvalue weighted by Crippen LogP contribution is 2.22. The molecule has 0 heterocycles. The Labute approximate surface area is 151 Å². The van der Waals surface area contributed by atoms with Gasteiger partial charge in [-0.2, -0.15) is 0 Å². The third-order valence-corrected chi connectivity index (χ3v) is 4.42. The molecule has 0 radical (unpaired) electrons. The van der Waals surface area contributed by atoms with Gasteiger partial charge in [0.2, 0.25) is 0 Å². The minimum absolute atomic E-state index is 0.0479. The van der Waals surface area contributed by atoms with Crippen LogP contribution in [-0.2, 0) is 11.2 Å². The van der Waals surface area contributed by atoms with Gasteiger partial charge in [-0.25, -0.2) is 0 Å². The van der Waals surface area contributed by atoms with Crippen molar-refractivity contribution < 1.29 is 10.1 Å². The van der Waals surface area contributed by atoms with Gasteiger partial charge in [0.1, 0.15) is 0 Å². The van der Waals surface area contributed by atoms with E-state index in [1.54, 1.807) is 0 Å². The Morgan fingerprint density at radius 1 is 1.08 bits per heavy atom. The van der Waals surface area contributed by atoms with E-state index in [-0.39, 0.29) is 5.91 Å². The standard InChI is InChI=1S/C21H29N3O/c1-4-24(5-2)19-11-12-20(17(3)15-19)23-21(25)16-22-14-13-18-9-7-6-8-10-18/h6-12,15,22H,4-5,13-14,16H2,1-3H3,(H,23,25)/p+1. The lowest BCUT2D eigenvalue weighted by atomic mass is 10.1. The molecule has 0 saturated heterocycles. The van der Waals surface area contributed by atoms with Gasteiger partial charge in [-0.1, -0.05) is 30.3 Å². The van der Waals surface area contributed by atoms with E-state index in [0.29, 0.717) is 6.54 Å². The lowest BCUT2D eigenvalue weighted by molar-refractivity contribution is -0.643. The summed E-state index contributed by atoms with van der Waals surface area (Å²) in [5.74, 6) is 0.0479. The molecule has 0 aromatic heterocycles. The number of carbonyl (C=O) groups is 1. The number of hydrogen-bond acceptors (Lipinski definition) is 2. The summed E-state index contributed by atoms with van der Waals surface area (Å²) in [5.41, 5.74) is 4.51. The maximum Gasteiger partial charge on any atom is 0.279 e. The summed E-state index contributed by atoms with van der Waals surface area (Å²) in [6.07, 6.45) is 0.978. The molecule has 2 rings (SSSR count). The normalized spacial score (nSPS) is 10.5. The fraction of sp³-hybridized carbons (Fsp3) is 0.381. The van der Waals surface area contributed by atoms with E-state index in [4.69, 9.17) is 0 Å². The molecule has 0 aliphatic carbocycles. The van der Waals surface area contributed by atoms with Crippen molar-refractivity contribution in [1.82, 2.24) is 0 Å². The molecule has 0 aliphatic heterocycles. The van der Waals surface area contributed by atoms with Gasteiger partial charge in [0.05, 0.1) is 6.54 Å². The third-order valence-electron chi connectivity index (χ3n) is 4.42. The highest BCUT2D eigenvalue weighted by Gasteiger charge is 2.09. The molecule has 3 N–H and O–H groups in total. The molecule has 2 aromatic carbocycles. The molecule has 0 bridgehead atoms. The largest absolute Gasteiger partial charge is 0.372 e. The first kappa shape index (κ1) is 19.0. The van der Waals surface area contributed by atoms with E-state index in [1.807, 2.05) is 31.2 Å². The highest BCUT2D eigenvalue weighted by atomic mass is 16.1. The lowest BCUT2D eigenvalue weighted by Crippen LogP contribution is -2.86. The minimum Gasteiger partial charge on any atom is -0.372 e. The van der Waals surface area contributed by atoms with Gasteiger partial charge in [0.15, 0.2) is 6.54 Å². The summed E-state index contributed by atoms with van der Waals surface area (Å²) < 4.78 is 0. The Hall–Kier alpha value is -2.33. The second kappa shape index (κ2) is 9.84. The van der Waals surface area contributed by atoms with Crippen LogP contribution in [0, 0.1) is 6.92 Å². The summed E-state index contributed by atoms with van der Waals surface area (Å²) in [6, 6.07) is 16.6. The van der Waals surface area contributed by atoms with Gasteiger partial charge in [0, 0.05) is 30.9 Å². The second-order valence-electron chi connectivity index (χ2n) is 6.24. The monoisotopic (exact) mass is 340 g/mol. The number of hydrogen-bond donors (Lipinski definition) is 2. The fourth-order valence-corrected chi connectivity index (χ4v) is 2.92. The quantitative estimate of drug-likeness (QED) is 0.689. The molecule has 1 amide bonds. The molecule has 2 aromatic rings. The smallest absolute Gasteiger partial charge is 0.279 e. The number of quaternary nitrogens is 1. The maximum atomic E-state index is 12.2. The van der Waals surface area contributed by atoms with Crippen molar-refractivity contribution >= 4 is 17.3 Å². The molecule has 25 heavy (non-hydrogen) atoms. The van der Waals surface area contributed by atoms with Gasteiger partial charge in [-0.05, 0) is 50.1 Å². The van der Waals surface area contributed by atoms with Crippen molar-refractivity contribution in [3.8, 4) is 0 Å². The van der Waals surface area contributed by atoms with E-state index in [9.17, 15) is 4.79 Å². The molecule has 0 spiro atoms. The van der Waals surface area contributed by atoms with Crippen molar-refractivity contribution in [2.75, 3.05) is 36.4 Å². The first-order valence-corrected chi connectivity index (χ1v) is 9.15. The van der Waals surface area contributed by atoms with Crippen molar-refractivity contribution in [2.45, 2.75) is 27.2 Å². The Balaban J connectivity index is 1.80. The first-order chi connectivity index (χ1) is 12.1. The highest BCUT2D eigenvalue weighted by molar-refractivity contribution is 5.92. The zero-order valence-corrected chi connectivity index (χ0v) is 15.6. The predicted octanol–water partition coefficient (Wildman–Crippen LogP) is 2.59. The number of nitrogens with one attached hydrogen (secondary N) is 1. The van der Waals surface area contributed by atoms with Crippen LogP contribution in [0.4, 0.5) is 11.4 Å². The maximum absolute atomic E-state index is 12.2. The van der Waals surface area contributed by atoms with Gasteiger partial charge < -0.3 is 15.5 Å². The molecule has 4 heteroatoms. The van der Waals surface area contributed by atoms with E-state index in [1.165, 1.54) is 11.3 Å². The molecule has 0 atom stereocenters. The van der Waals surface area contributed by atoms with E-state index < -0.39 is 0 Å². The molecule has 0 unspecified atom stereocenters. The summed E-state index contributed by atoms with van der Waals surface area (Å²) >= 11 is 0. The SMILES string of the molecule is CCN(CC)c1ccc(NC(=O)C[NH2+]CCc2ccccc2)c(C)c1. The third kappa shape index (κ3) is 5.91. The molecule has 134 valence electrons. The van der Waals surface area contributed by atoms with Crippen LogP contribution in [0.25, 0.3) is 0 Å². The Morgan fingerprint density at radius 3 is 2.44 bits per heavy atom. The number of aryl methyl sites for hydroxylation is 1. The van der Waals surface area contributed by atoms with Crippen molar-refractivity contribution in [3.63, 3.8) is 0 Å². The molecule has 0 saturated carbocycles. The van der Waals surface area contributed by atoms with Crippen LogP contribution in [0.15, 0.2) is 48.5 Å². The topological polar surface area (TPSA) is 49.0 Å². The van der Waals surface area contributed by atoms with Crippen LogP contribution in [0.5, 0.6) is 0 Å². The predicted molar refractivity (Wildman–Crippen MR) is 105 cm³/mol. The Morgan fingerprint density at radius 2 is 1.80 bits per heavy atom. The minimum atomic E-state index is 0.0479. The van der Waals surface area contributed by atoms with Crippen LogP contribution >= 0.6 is 0 Å². The van der Waals surface area contributed by atoms with Crippen LogP contribution < -0.4 is 15.5 Å². The average molecular weight is 340 g/mol. The summed E-state index contributed by atoms with van der Waals surface area (Å²) in [5, 5.41) is 5.08. The zero-order chi connectivity index (χ0) is 18.1. The van der Waals surface area contributed by atoms with Crippen molar-refractivity contribution in [1.29, 1.82) is 0 Å². The number of carbonyl (C=O) groups excluding carboxylic acids is 1. The van der Waals surface area contributed by atoms with E-state index in [2.05, 4.69) is 53.6 Å². The van der Waals surface area contributed by atoms with Crippen LogP contribution in [0.1, 0.15) is 25.0 Å². The van der Waals surface area contributed by atoms with E-state index >= 15 is 0 Å². The summed E-state index contributed by atoms with van der Waals surface area (Å²) in [6.45, 7) is 9.68. The number of anilines is 2. The molecular formula is C21H30N3O+. The van der Waals surface area contributed by atoms with E-state index in [0.717, 1.165) is 37.3 Å². The number of nitrogens with two attached hydrogens (primary N) is 1. The average Bonchev–Trinajstić information content (AvgIpc) is 2.63. The number of rotatable bonds is 9. The zero-order valence-electron chi connectivity index (χ0n) is 15.6. The van der Waals surface area contributed by atoms with Gasteiger partial charge >= 0.3 is 0 Å². The van der Waals surface area contributed by atoms with Gasteiger partial charge in [0.25, 0.3) is 5.91 Å². The second-order valence-corrected chi connectivity index (χ2v) is 6.24. The summed E-state index contributed by atoms with van der Waals surface area (Å²) in [7, 11) is 0. The van der Waals surface area contributed by atoms with Crippen molar-refractivity contribution in [3.05, 3.63) is 59.7 Å². The van der Waals surface area contributed by atoms with Gasteiger partial charge in [-0.15, -0.1) is 0 Å².